The molecule has 8 unspecified atom stereocenters. The summed E-state index contributed by atoms with van der Waals surface area (Å²) >= 11 is 0. The fourth-order valence-corrected chi connectivity index (χ4v) is 12.0. The quantitative estimate of drug-likeness (QED) is 0.0608. The van der Waals surface area contributed by atoms with E-state index in [2.05, 4.69) is 5.43 Å². The Hall–Kier alpha value is -6.78. The van der Waals surface area contributed by atoms with E-state index in [-0.39, 0.29) is 62.4 Å². The number of nitrogens with zero attached hydrogens (tertiary/aromatic N) is 1. The zero-order chi connectivity index (χ0) is 56.3. The number of aliphatic hydroxyl groups is 5. The summed E-state index contributed by atoms with van der Waals surface area (Å²) < 4.78 is 35.4. The first kappa shape index (κ1) is 54.6. The molecule has 12 atom stereocenters. The van der Waals surface area contributed by atoms with Crippen LogP contribution in [0.1, 0.15) is 145 Å². The lowest BCUT2D eigenvalue weighted by molar-refractivity contribution is -0.305. The van der Waals surface area contributed by atoms with Gasteiger partial charge in [-0.25, -0.2) is 5.43 Å². The molecule has 11 N–H and O–H groups in total. The van der Waals surface area contributed by atoms with Gasteiger partial charge >= 0.3 is 0 Å². The molecular formula is C54H56N2O22. The van der Waals surface area contributed by atoms with Crippen molar-refractivity contribution in [2.24, 2.45) is 0 Å². The highest BCUT2D eigenvalue weighted by Crippen LogP contribution is 2.55. The van der Waals surface area contributed by atoms with E-state index in [1.54, 1.807) is 0 Å². The summed E-state index contributed by atoms with van der Waals surface area (Å²) in [5.74, 6) is -8.57. The Balaban J connectivity index is 0.923. The van der Waals surface area contributed by atoms with Crippen LogP contribution in [0.3, 0.4) is 0 Å². The Morgan fingerprint density at radius 1 is 0.654 bits per heavy atom. The van der Waals surface area contributed by atoms with Crippen LogP contribution in [0.15, 0.2) is 36.4 Å². The number of hydroxylamine groups is 1. The van der Waals surface area contributed by atoms with Crippen molar-refractivity contribution in [3.05, 3.63) is 103 Å². The molecule has 4 aromatic rings. The van der Waals surface area contributed by atoms with Crippen molar-refractivity contribution in [3.63, 3.8) is 0 Å². The van der Waals surface area contributed by atoms with E-state index in [1.807, 2.05) is 0 Å². The van der Waals surface area contributed by atoms with Crippen molar-refractivity contribution >= 4 is 34.7 Å². The monoisotopic (exact) mass is 1080 g/mol. The summed E-state index contributed by atoms with van der Waals surface area (Å²) in [5, 5.41) is 116. The van der Waals surface area contributed by atoms with Gasteiger partial charge in [0.1, 0.15) is 52.3 Å². The fraction of sp³-hybridized carbons (Fsp3) is 0.444. The molecule has 78 heavy (non-hydrogen) atoms. The van der Waals surface area contributed by atoms with Crippen LogP contribution in [0, 0.1) is 0 Å². The highest BCUT2D eigenvalue weighted by Gasteiger charge is 2.53. The van der Waals surface area contributed by atoms with Gasteiger partial charge in [0.05, 0.1) is 96.3 Å². The highest BCUT2D eigenvalue weighted by molar-refractivity contribution is 6.32. The van der Waals surface area contributed by atoms with E-state index in [1.165, 1.54) is 64.5 Å². The molecule has 2 aliphatic heterocycles. The minimum atomic E-state index is -2.47. The van der Waals surface area contributed by atoms with Gasteiger partial charge in [0.25, 0.3) is 0 Å². The third-order valence-electron chi connectivity index (χ3n) is 16.1. The number of rotatable bonds is 12. The summed E-state index contributed by atoms with van der Waals surface area (Å²) in [6.45, 7) is 2.79. The molecule has 24 nitrogen and oxygen atoms in total. The molecule has 0 spiro atoms. The van der Waals surface area contributed by atoms with E-state index in [4.69, 9.17) is 28.4 Å². The molecule has 4 aliphatic carbocycles. The zero-order valence-electron chi connectivity index (χ0n) is 42.5. The number of ketones is 6. The Morgan fingerprint density at radius 2 is 1.09 bits per heavy atom. The number of hydrazine groups is 1. The average molecular weight is 1090 g/mol. The van der Waals surface area contributed by atoms with E-state index < -0.39 is 191 Å². The number of phenolic OH excluding ortho intramolecular Hbond substituents is 4. The molecule has 0 amide bonds. The normalized spacial score (nSPS) is 30.2. The van der Waals surface area contributed by atoms with Gasteiger partial charge in [-0.2, -0.15) is 0 Å². The third-order valence-corrected chi connectivity index (χ3v) is 16.1. The van der Waals surface area contributed by atoms with Crippen molar-refractivity contribution < 1.29 is 108 Å². The lowest BCUT2D eigenvalue weighted by Crippen LogP contribution is -2.64. The van der Waals surface area contributed by atoms with Crippen molar-refractivity contribution in [2.45, 2.75) is 132 Å². The molecule has 0 radical (unpaired) electrons. The lowest BCUT2D eigenvalue weighted by atomic mass is 9.72. The van der Waals surface area contributed by atoms with E-state index >= 15 is 0 Å². The molecule has 414 valence electrons. The SMILES string of the molecule is COc1cccc2c1C(=O)c1c(O)c3c(c(O)c1C2=O)C[C@@](O)(C(=O)CO)C[C@@H]3OC1CC(NN(O)C2CC(O[C@H]3C[C@](O)(C(C)=O)Cc4c(O)c5c(c(O)c43)C(=O)c3c(OC)cccc3C5=O)OC(C)C2O)C(O)C(C)O1. The topological polar surface area (TPSA) is 375 Å². The Morgan fingerprint density at radius 3 is 1.55 bits per heavy atom. The molecule has 10 rings (SSSR count). The predicted octanol–water partition coefficient (Wildman–Crippen LogP) is 1.32. The summed E-state index contributed by atoms with van der Waals surface area (Å²) in [4.78, 5) is 82.5. The first-order valence-corrected chi connectivity index (χ1v) is 25.0. The Bertz CT molecular complexity index is 3250. The first-order chi connectivity index (χ1) is 36.9. The third kappa shape index (κ3) is 8.45. The van der Waals surface area contributed by atoms with Gasteiger partial charge in [0.15, 0.2) is 35.7 Å². The number of hydrogen-bond acceptors (Lipinski definition) is 24. The molecule has 0 bridgehead atoms. The van der Waals surface area contributed by atoms with Crippen LogP contribution in [0.4, 0.5) is 0 Å². The van der Waals surface area contributed by atoms with Crippen molar-refractivity contribution in [1.82, 2.24) is 10.6 Å². The van der Waals surface area contributed by atoms with Crippen LogP contribution in [-0.2, 0) is 41.4 Å². The second-order valence-electron chi connectivity index (χ2n) is 20.6. The smallest absolute Gasteiger partial charge is 0.202 e. The minimum absolute atomic E-state index is 0.00152. The number of ether oxygens (including phenoxy) is 6. The maximum atomic E-state index is 14.2. The molecular weight excluding hydrogens is 1030 g/mol. The summed E-state index contributed by atoms with van der Waals surface area (Å²) in [6, 6.07) is 5.84. The van der Waals surface area contributed by atoms with Crippen molar-refractivity contribution in [1.29, 1.82) is 0 Å². The van der Waals surface area contributed by atoms with Gasteiger partial charge in [0.2, 0.25) is 11.6 Å². The Labute approximate surface area is 442 Å². The molecule has 4 aromatic carbocycles. The fourth-order valence-electron chi connectivity index (χ4n) is 12.0. The molecule has 2 saturated heterocycles. The lowest BCUT2D eigenvalue weighted by Gasteiger charge is -2.46. The van der Waals surface area contributed by atoms with E-state index in [0.717, 1.165) is 6.92 Å². The molecule has 0 saturated carbocycles. The number of aliphatic hydroxyl groups excluding tert-OH is 3. The summed E-state index contributed by atoms with van der Waals surface area (Å²) in [5.41, 5.74) is -6.13. The van der Waals surface area contributed by atoms with E-state index in [0.29, 0.717) is 5.17 Å². The Kier molecular flexibility index (Phi) is 13.9. The van der Waals surface area contributed by atoms with Gasteiger partial charge in [0, 0.05) is 71.9 Å². The van der Waals surface area contributed by atoms with Crippen LogP contribution < -0.4 is 14.9 Å². The number of aromatic hydroxyl groups is 4. The standard InChI is InChI=1S/C54H56N2O22/c1-19-43(60)26(12-33(75-19)77-31-17-54(71,32(59)18-57)15-25-38(31)52(69)42-40(48(25)65)46(63)23-9-7-11-29(74-5)36(23)50(42)67)55-56(72)27-13-34(76-20(2)44(27)61)78-30-16-53(70,21(3)58)14-24-37(30)51(68)41-39(47(24)64)45(62)22-8-6-10-28(73-4)35(22)49(41)66/h6-11,19-20,26-27,30-31,33-34,43-44,55,57,60-61,64-65,68-72H,12-18H2,1-5H3/t19?,20?,26?,27?,30-,31-,33?,34?,43?,44?,53-,54-/m0/s1. The predicted molar refractivity (Wildman–Crippen MR) is 260 cm³/mol. The number of carbonyl (C=O) groups excluding carboxylic acids is 6. The molecule has 24 heteroatoms. The minimum Gasteiger partial charge on any atom is -0.507 e. The summed E-state index contributed by atoms with van der Waals surface area (Å²) in [7, 11) is 2.55. The average Bonchev–Trinajstić information content (AvgIpc) is 3.46. The van der Waals surface area contributed by atoms with Crippen LogP contribution in [0.5, 0.6) is 34.5 Å². The van der Waals surface area contributed by atoms with Crippen LogP contribution in [0.2, 0.25) is 0 Å². The first-order valence-electron chi connectivity index (χ1n) is 25.0. The van der Waals surface area contributed by atoms with Gasteiger partial charge in [-0.1, -0.05) is 24.3 Å². The molecule has 0 aromatic heterocycles. The van der Waals surface area contributed by atoms with Crippen LogP contribution in [0.25, 0.3) is 0 Å². The van der Waals surface area contributed by atoms with Gasteiger partial charge in [-0.05, 0) is 32.9 Å². The van der Waals surface area contributed by atoms with Crippen molar-refractivity contribution in [2.75, 3.05) is 20.8 Å². The number of benzene rings is 4. The second-order valence-corrected chi connectivity index (χ2v) is 20.6. The molecule has 2 heterocycles. The van der Waals surface area contributed by atoms with Gasteiger partial charge < -0.3 is 74.4 Å². The van der Waals surface area contributed by atoms with Gasteiger partial charge in [-0.15, -0.1) is 5.17 Å². The maximum Gasteiger partial charge on any atom is 0.202 e. The summed E-state index contributed by atoms with van der Waals surface area (Å²) in [6.07, 6.45) is -14.7. The molecule has 6 aliphatic rings. The van der Waals surface area contributed by atoms with E-state index in [9.17, 15) is 79.9 Å². The van der Waals surface area contributed by atoms with Crippen LogP contribution in [-0.4, -0.2) is 172 Å². The number of phenols is 4. The number of methoxy groups -OCH3 is 2. The van der Waals surface area contributed by atoms with Gasteiger partial charge in [-0.3, -0.25) is 34.0 Å². The number of Topliss-reactive ketones (excluding diaryl/α,β-unsaturated/α-hetero) is 2. The van der Waals surface area contributed by atoms with Crippen LogP contribution >= 0.6 is 0 Å². The zero-order valence-corrected chi connectivity index (χ0v) is 42.5. The largest absolute Gasteiger partial charge is 0.507 e. The number of carbonyl (C=O) groups is 6. The molecule has 2 fully saturated rings. The number of nitrogens with one attached hydrogen (secondary N) is 1. The second kappa shape index (κ2) is 19.8. The van der Waals surface area contributed by atoms with Crippen molar-refractivity contribution in [3.8, 4) is 34.5 Å². The maximum absolute atomic E-state index is 14.2. The number of hydrogen-bond donors (Lipinski definition) is 11. The highest BCUT2D eigenvalue weighted by atomic mass is 16.7. The number of fused-ring (bicyclic) bond motifs is 6.